The Kier molecular flexibility index (Phi) is 4.08. The number of para-hydroxylation sites is 1. The van der Waals surface area contributed by atoms with E-state index in [0.717, 1.165) is 30.2 Å². The summed E-state index contributed by atoms with van der Waals surface area (Å²) in [6, 6.07) is 9.31. The number of nitrogens with zero attached hydrogens (tertiary/aromatic N) is 1. The second kappa shape index (κ2) is 6.00. The van der Waals surface area contributed by atoms with Crippen LogP contribution < -0.4 is 5.32 Å². The molecule has 3 rings (SSSR count). The van der Waals surface area contributed by atoms with Crippen molar-refractivity contribution in [2.45, 2.75) is 31.4 Å². The van der Waals surface area contributed by atoms with Crippen molar-refractivity contribution in [3.8, 4) is 0 Å². The molecule has 0 radical (unpaired) electrons. The van der Waals surface area contributed by atoms with Gasteiger partial charge in [0.1, 0.15) is 5.15 Å². The number of aromatic nitrogens is 1. The highest BCUT2D eigenvalue weighted by molar-refractivity contribution is 6.30. The van der Waals surface area contributed by atoms with Crippen molar-refractivity contribution in [2.24, 2.45) is 0 Å². The molecular weight excluding hydrogens is 288 g/mol. The Labute approximate surface area is 128 Å². The van der Waals surface area contributed by atoms with E-state index in [9.17, 15) is 4.79 Å². The lowest BCUT2D eigenvalue weighted by molar-refractivity contribution is 0.0916. The molecule has 21 heavy (non-hydrogen) atoms. The van der Waals surface area contributed by atoms with Crippen LogP contribution in [0.15, 0.2) is 30.3 Å². The van der Waals surface area contributed by atoms with Gasteiger partial charge in [0.05, 0.1) is 17.2 Å². The third-order valence-electron chi connectivity index (χ3n) is 3.98. The lowest BCUT2D eigenvalue weighted by atomic mass is 10.1. The summed E-state index contributed by atoms with van der Waals surface area (Å²) in [5, 5.41) is 4.23. The van der Waals surface area contributed by atoms with Crippen LogP contribution in [0.5, 0.6) is 0 Å². The van der Waals surface area contributed by atoms with Gasteiger partial charge in [-0.3, -0.25) is 4.79 Å². The van der Waals surface area contributed by atoms with Gasteiger partial charge in [0, 0.05) is 18.5 Å². The second-order valence-corrected chi connectivity index (χ2v) is 5.74. The van der Waals surface area contributed by atoms with E-state index in [1.165, 1.54) is 0 Å². The Morgan fingerprint density at radius 3 is 2.95 bits per heavy atom. The monoisotopic (exact) mass is 304 g/mol. The third-order valence-corrected chi connectivity index (χ3v) is 4.18. The number of carbonyl (C=O) groups is 1. The molecule has 1 aliphatic rings. The fraction of sp³-hybridized carbons (Fsp3) is 0.375. The molecule has 1 saturated carbocycles. The van der Waals surface area contributed by atoms with E-state index in [4.69, 9.17) is 16.3 Å². The van der Waals surface area contributed by atoms with Crippen LogP contribution in [0.1, 0.15) is 29.6 Å². The van der Waals surface area contributed by atoms with Crippen LogP contribution in [-0.2, 0) is 4.74 Å². The van der Waals surface area contributed by atoms with E-state index in [0.29, 0.717) is 10.7 Å². The number of methoxy groups -OCH3 is 1. The molecule has 1 N–H and O–H groups in total. The van der Waals surface area contributed by atoms with Gasteiger partial charge < -0.3 is 10.1 Å². The number of rotatable bonds is 3. The summed E-state index contributed by atoms with van der Waals surface area (Å²) >= 11 is 6.02. The number of pyridine rings is 1. The molecule has 5 heteroatoms. The zero-order valence-corrected chi connectivity index (χ0v) is 12.6. The topological polar surface area (TPSA) is 51.2 Å². The predicted octanol–water partition coefficient (Wildman–Crippen LogP) is 3.19. The maximum Gasteiger partial charge on any atom is 0.252 e. The number of amides is 1. The predicted molar refractivity (Wildman–Crippen MR) is 82.7 cm³/mol. The fourth-order valence-corrected chi connectivity index (χ4v) is 3.08. The van der Waals surface area contributed by atoms with Crippen LogP contribution >= 0.6 is 11.6 Å². The van der Waals surface area contributed by atoms with Crippen LogP contribution in [0, 0.1) is 0 Å². The maximum absolute atomic E-state index is 12.5. The standard InChI is InChI=1S/C16H17ClN2O2/c1-21-11-7-6-10(8-11)18-16(20)13-9-15(17)19-14-5-3-2-4-12(13)14/h2-5,9-11H,6-8H2,1H3,(H,18,20). The average molecular weight is 305 g/mol. The minimum Gasteiger partial charge on any atom is -0.381 e. The van der Waals surface area contributed by atoms with Crippen molar-refractivity contribution < 1.29 is 9.53 Å². The van der Waals surface area contributed by atoms with Crippen molar-refractivity contribution in [2.75, 3.05) is 7.11 Å². The molecule has 1 amide bonds. The van der Waals surface area contributed by atoms with Crippen molar-refractivity contribution in [1.82, 2.24) is 10.3 Å². The molecule has 1 heterocycles. The molecule has 110 valence electrons. The summed E-state index contributed by atoms with van der Waals surface area (Å²) in [6.45, 7) is 0. The van der Waals surface area contributed by atoms with Crippen LogP contribution in [0.3, 0.4) is 0 Å². The summed E-state index contributed by atoms with van der Waals surface area (Å²) in [7, 11) is 1.71. The number of ether oxygens (including phenoxy) is 1. The van der Waals surface area contributed by atoms with E-state index < -0.39 is 0 Å². The minimum atomic E-state index is -0.0998. The van der Waals surface area contributed by atoms with Gasteiger partial charge >= 0.3 is 0 Å². The number of fused-ring (bicyclic) bond motifs is 1. The third kappa shape index (κ3) is 3.01. The number of hydrogen-bond acceptors (Lipinski definition) is 3. The fourth-order valence-electron chi connectivity index (χ4n) is 2.88. The number of nitrogens with one attached hydrogen (secondary N) is 1. The molecule has 4 nitrogen and oxygen atoms in total. The second-order valence-electron chi connectivity index (χ2n) is 5.35. The lowest BCUT2D eigenvalue weighted by Gasteiger charge is -2.14. The molecular formula is C16H17ClN2O2. The first kappa shape index (κ1) is 14.3. The van der Waals surface area contributed by atoms with Gasteiger partial charge in [0.15, 0.2) is 0 Å². The number of carbonyl (C=O) groups excluding carboxylic acids is 1. The molecule has 2 atom stereocenters. The summed E-state index contributed by atoms with van der Waals surface area (Å²) in [5.41, 5.74) is 1.31. The van der Waals surface area contributed by atoms with Crippen molar-refractivity contribution in [3.63, 3.8) is 0 Å². The van der Waals surface area contributed by atoms with Crippen molar-refractivity contribution in [1.29, 1.82) is 0 Å². The molecule has 2 aromatic rings. The number of benzene rings is 1. The Balaban J connectivity index is 1.85. The molecule has 1 aliphatic carbocycles. The number of halogens is 1. The van der Waals surface area contributed by atoms with E-state index >= 15 is 0 Å². The zero-order valence-electron chi connectivity index (χ0n) is 11.8. The first-order valence-corrected chi connectivity index (χ1v) is 7.44. The first-order chi connectivity index (χ1) is 10.2. The van der Waals surface area contributed by atoms with Gasteiger partial charge in [-0.15, -0.1) is 0 Å². The van der Waals surface area contributed by atoms with E-state index in [2.05, 4.69) is 10.3 Å². The highest BCUT2D eigenvalue weighted by Crippen LogP contribution is 2.24. The van der Waals surface area contributed by atoms with Gasteiger partial charge in [-0.1, -0.05) is 29.8 Å². The maximum atomic E-state index is 12.5. The highest BCUT2D eigenvalue weighted by Gasteiger charge is 2.26. The first-order valence-electron chi connectivity index (χ1n) is 7.06. The summed E-state index contributed by atoms with van der Waals surface area (Å²) in [5.74, 6) is -0.0998. The SMILES string of the molecule is COC1CCC(NC(=O)c2cc(Cl)nc3ccccc23)C1. The van der Waals surface area contributed by atoms with Gasteiger partial charge in [0.25, 0.3) is 5.91 Å². The quantitative estimate of drug-likeness (QED) is 0.886. The molecule has 1 fully saturated rings. The van der Waals surface area contributed by atoms with E-state index in [-0.39, 0.29) is 18.1 Å². The van der Waals surface area contributed by atoms with Gasteiger partial charge in [0.2, 0.25) is 0 Å². The highest BCUT2D eigenvalue weighted by atomic mass is 35.5. The van der Waals surface area contributed by atoms with Crippen LogP contribution in [0.2, 0.25) is 5.15 Å². The van der Waals surface area contributed by atoms with Crippen molar-refractivity contribution >= 4 is 28.4 Å². The van der Waals surface area contributed by atoms with Crippen LogP contribution in [0.25, 0.3) is 10.9 Å². The Morgan fingerprint density at radius 2 is 2.19 bits per heavy atom. The summed E-state index contributed by atoms with van der Waals surface area (Å²) in [4.78, 5) is 16.8. The number of hydrogen-bond donors (Lipinski definition) is 1. The molecule has 0 bridgehead atoms. The molecule has 0 aliphatic heterocycles. The Morgan fingerprint density at radius 1 is 1.38 bits per heavy atom. The lowest BCUT2D eigenvalue weighted by Crippen LogP contribution is -2.33. The normalized spacial score (nSPS) is 21.6. The van der Waals surface area contributed by atoms with E-state index in [1.807, 2.05) is 24.3 Å². The largest absolute Gasteiger partial charge is 0.381 e. The van der Waals surface area contributed by atoms with Crippen molar-refractivity contribution in [3.05, 3.63) is 41.0 Å². The van der Waals surface area contributed by atoms with E-state index in [1.54, 1.807) is 13.2 Å². The minimum absolute atomic E-state index is 0.0998. The Hall–Kier alpha value is -1.65. The smallest absolute Gasteiger partial charge is 0.252 e. The van der Waals surface area contributed by atoms with Gasteiger partial charge in [-0.05, 0) is 31.4 Å². The average Bonchev–Trinajstić information content (AvgIpc) is 2.94. The summed E-state index contributed by atoms with van der Waals surface area (Å²) < 4.78 is 5.34. The Bertz CT molecular complexity index is 674. The summed E-state index contributed by atoms with van der Waals surface area (Å²) in [6.07, 6.45) is 3.03. The van der Waals surface area contributed by atoms with Crippen LogP contribution in [-0.4, -0.2) is 30.1 Å². The molecule has 2 unspecified atom stereocenters. The molecule has 0 spiro atoms. The van der Waals surface area contributed by atoms with Gasteiger partial charge in [-0.2, -0.15) is 0 Å². The molecule has 1 aromatic heterocycles. The van der Waals surface area contributed by atoms with Gasteiger partial charge in [-0.25, -0.2) is 4.98 Å². The molecule has 0 saturated heterocycles. The molecule has 1 aromatic carbocycles. The zero-order chi connectivity index (χ0) is 14.8. The van der Waals surface area contributed by atoms with Crippen LogP contribution in [0.4, 0.5) is 0 Å².